The molecule has 0 radical (unpaired) electrons. The molecular formula is C35H36Cl3N3O5S. The number of hydrogen-bond donors (Lipinski definition) is 1. The van der Waals surface area contributed by atoms with Gasteiger partial charge in [0.15, 0.2) is 0 Å². The molecule has 0 bridgehead atoms. The second-order valence-corrected chi connectivity index (χ2v) is 13.8. The number of nitrogens with one attached hydrogen (secondary N) is 1. The van der Waals surface area contributed by atoms with Crippen LogP contribution in [0.5, 0.6) is 5.75 Å². The predicted molar refractivity (Wildman–Crippen MR) is 188 cm³/mol. The molecule has 0 saturated heterocycles. The Morgan fingerprint density at radius 1 is 0.830 bits per heavy atom. The van der Waals surface area contributed by atoms with Crippen molar-refractivity contribution in [3.63, 3.8) is 0 Å². The zero-order valence-corrected chi connectivity index (χ0v) is 29.1. The molecule has 8 nitrogen and oxygen atoms in total. The van der Waals surface area contributed by atoms with Crippen LogP contribution >= 0.6 is 34.8 Å². The lowest BCUT2D eigenvalue weighted by Crippen LogP contribution is -2.53. The zero-order chi connectivity index (χ0) is 34.0. The molecule has 0 fully saturated rings. The van der Waals surface area contributed by atoms with Crippen LogP contribution in [-0.4, -0.2) is 51.4 Å². The summed E-state index contributed by atoms with van der Waals surface area (Å²) in [5.74, 6) is -0.638. The molecular weight excluding hydrogens is 681 g/mol. The third kappa shape index (κ3) is 9.41. The molecule has 1 N–H and O–H groups in total. The number of sulfonamides is 1. The van der Waals surface area contributed by atoms with Gasteiger partial charge in [-0.3, -0.25) is 13.9 Å². The van der Waals surface area contributed by atoms with E-state index in [-0.39, 0.29) is 39.5 Å². The third-order valence-corrected chi connectivity index (χ3v) is 10.3. The van der Waals surface area contributed by atoms with Crippen LogP contribution < -0.4 is 14.4 Å². The Kier molecular flexibility index (Phi) is 13.0. The van der Waals surface area contributed by atoms with Crippen LogP contribution in [0.1, 0.15) is 30.9 Å². The van der Waals surface area contributed by atoms with E-state index >= 15 is 0 Å². The van der Waals surface area contributed by atoms with Gasteiger partial charge < -0.3 is 15.0 Å². The minimum Gasteiger partial charge on any atom is -0.495 e. The topological polar surface area (TPSA) is 96.0 Å². The van der Waals surface area contributed by atoms with Crippen molar-refractivity contribution in [2.24, 2.45) is 0 Å². The van der Waals surface area contributed by atoms with E-state index in [9.17, 15) is 18.0 Å². The summed E-state index contributed by atoms with van der Waals surface area (Å²) in [6.45, 7) is 1.76. The molecule has 0 unspecified atom stereocenters. The van der Waals surface area contributed by atoms with Crippen molar-refractivity contribution in [2.45, 2.75) is 43.7 Å². The van der Waals surface area contributed by atoms with Gasteiger partial charge in [0.25, 0.3) is 10.0 Å². The number of hydrogen-bond acceptors (Lipinski definition) is 5. The van der Waals surface area contributed by atoms with Crippen molar-refractivity contribution in [3.05, 3.63) is 123 Å². The van der Waals surface area contributed by atoms with Gasteiger partial charge >= 0.3 is 0 Å². The van der Waals surface area contributed by atoms with E-state index in [1.165, 1.54) is 42.3 Å². The predicted octanol–water partition coefficient (Wildman–Crippen LogP) is 7.41. The fourth-order valence-corrected chi connectivity index (χ4v) is 6.95. The van der Waals surface area contributed by atoms with Crippen LogP contribution in [0.2, 0.25) is 15.1 Å². The number of rotatable bonds is 15. The highest BCUT2D eigenvalue weighted by Crippen LogP contribution is 2.32. The van der Waals surface area contributed by atoms with Crippen molar-refractivity contribution in [2.75, 3.05) is 24.5 Å². The molecule has 248 valence electrons. The first-order valence-electron chi connectivity index (χ1n) is 15.0. The van der Waals surface area contributed by atoms with E-state index in [0.717, 1.165) is 22.7 Å². The SMILES string of the molecule is CCCCNC(=O)[C@H](Cc1ccccc1)N(Cc1ccc(Cl)c(Cl)c1)C(=O)CN(c1ccc(OC)c(Cl)c1)S(=O)(=O)c1ccccc1. The number of carbonyl (C=O) groups is 2. The van der Waals surface area contributed by atoms with E-state index in [1.807, 2.05) is 37.3 Å². The lowest BCUT2D eigenvalue weighted by Gasteiger charge is -2.34. The standard InChI is InChI=1S/C35H36Cl3N3O5S/c1-3-4-19-39-35(43)32(21-25-11-7-5-8-12-25)40(23-26-15-17-29(36)30(37)20-26)34(42)24-41(27-16-18-33(46-2)31(38)22-27)47(44,45)28-13-9-6-10-14-28/h5-18,20,22,32H,3-4,19,21,23-24H2,1-2H3,(H,39,43)/t32-/m0/s1. The summed E-state index contributed by atoms with van der Waals surface area (Å²) < 4.78 is 34.5. The smallest absolute Gasteiger partial charge is 0.264 e. The molecule has 0 aliphatic carbocycles. The highest BCUT2D eigenvalue weighted by molar-refractivity contribution is 7.92. The monoisotopic (exact) mass is 715 g/mol. The van der Waals surface area contributed by atoms with Gasteiger partial charge in [-0.1, -0.05) is 103 Å². The lowest BCUT2D eigenvalue weighted by molar-refractivity contribution is -0.140. The first-order chi connectivity index (χ1) is 22.5. The molecule has 1 atom stereocenters. The number of amides is 2. The van der Waals surface area contributed by atoms with Gasteiger partial charge in [0, 0.05) is 19.5 Å². The number of anilines is 1. The number of carbonyl (C=O) groups excluding carboxylic acids is 2. The van der Waals surface area contributed by atoms with Crippen LogP contribution in [0.15, 0.2) is 102 Å². The Bertz CT molecular complexity index is 1780. The van der Waals surface area contributed by atoms with E-state index in [2.05, 4.69) is 5.32 Å². The minimum absolute atomic E-state index is 0.0195. The molecule has 0 saturated carbocycles. The molecule has 4 aromatic carbocycles. The van der Waals surface area contributed by atoms with E-state index < -0.39 is 28.5 Å². The van der Waals surface area contributed by atoms with Crippen molar-refractivity contribution in [1.82, 2.24) is 10.2 Å². The van der Waals surface area contributed by atoms with Crippen LogP contribution in [0, 0.1) is 0 Å². The Labute approximate surface area is 291 Å². The number of benzene rings is 4. The average molecular weight is 717 g/mol. The van der Waals surface area contributed by atoms with E-state index in [1.54, 1.807) is 36.4 Å². The molecule has 0 heterocycles. The van der Waals surface area contributed by atoms with Crippen molar-refractivity contribution in [3.8, 4) is 5.75 Å². The van der Waals surface area contributed by atoms with Gasteiger partial charge in [0.2, 0.25) is 11.8 Å². The summed E-state index contributed by atoms with van der Waals surface area (Å²) in [5.41, 5.74) is 1.58. The highest BCUT2D eigenvalue weighted by atomic mass is 35.5. The van der Waals surface area contributed by atoms with E-state index in [0.29, 0.717) is 22.9 Å². The fraction of sp³-hybridized carbons (Fsp3) is 0.257. The minimum atomic E-state index is -4.28. The summed E-state index contributed by atoms with van der Waals surface area (Å²) in [5, 5.41) is 3.74. The van der Waals surface area contributed by atoms with Crippen molar-refractivity contribution >= 4 is 62.3 Å². The molecule has 0 spiro atoms. The Hall–Kier alpha value is -3.76. The molecule has 12 heteroatoms. The molecule has 4 aromatic rings. The number of methoxy groups -OCH3 is 1. The molecule has 2 amide bonds. The molecule has 0 aliphatic heterocycles. The molecule has 47 heavy (non-hydrogen) atoms. The fourth-order valence-electron chi connectivity index (χ4n) is 4.95. The summed E-state index contributed by atoms with van der Waals surface area (Å²) in [7, 11) is -2.83. The van der Waals surface area contributed by atoms with Crippen LogP contribution in [0.3, 0.4) is 0 Å². The first-order valence-corrected chi connectivity index (χ1v) is 17.6. The number of nitrogens with zero attached hydrogens (tertiary/aromatic N) is 2. The largest absolute Gasteiger partial charge is 0.495 e. The van der Waals surface area contributed by atoms with Gasteiger partial charge in [-0.25, -0.2) is 8.42 Å². The maximum atomic E-state index is 14.6. The van der Waals surface area contributed by atoms with Gasteiger partial charge in [0.1, 0.15) is 18.3 Å². The van der Waals surface area contributed by atoms with Crippen LogP contribution in [-0.2, 0) is 32.6 Å². The third-order valence-electron chi connectivity index (χ3n) is 7.47. The Morgan fingerprint density at radius 2 is 1.51 bits per heavy atom. The second kappa shape index (κ2) is 16.9. The van der Waals surface area contributed by atoms with Crippen LogP contribution in [0.25, 0.3) is 0 Å². The van der Waals surface area contributed by atoms with Crippen LogP contribution in [0.4, 0.5) is 5.69 Å². The quantitative estimate of drug-likeness (QED) is 0.129. The van der Waals surface area contributed by atoms with Crippen molar-refractivity contribution < 1.29 is 22.7 Å². The Balaban J connectivity index is 1.82. The summed E-state index contributed by atoms with van der Waals surface area (Å²) in [6, 6.07) is 25.6. The first kappa shape index (κ1) is 36.1. The van der Waals surface area contributed by atoms with Gasteiger partial charge in [-0.05, 0) is 60.0 Å². The summed E-state index contributed by atoms with van der Waals surface area (Å²) in [4.78, 5) is 29.8. The lowest BCUT2D eigenvalue weighted by atomic mass is 10.0. The number of unbranched alkanes of at least 4 members (excludes halogenated alkanes) is 1. The Morgan fingerprint density at radius 3 is 2.13 bits per heavy atom. The maximum absolute atomic E-state index is 14.6. The summed E-state index contributed by atoms with van der Waals surface area (Å²) in [6.07, 6.45) is 1.81. The average Bonchev–Trinajstić information content (AvgIpc) is 3.07. The second-order valence-electron chi connectivity index (χ2n) is 10.8. The normalized spacial score (nSPS) is 11.9. The number of halogens is 3. The molecule has 0 aromatic heterocycles. The molecule has 0 aliphatic rings. The van der Waals surface area contributed by atoms with Crippen molar-refractivity contribution in [1.29, 1.82) is 0 Å². The zero-order valence-electron chi connectivity index (χ0n) is 26.0. The van der Waals surface area contributed by atoms with Gasteiger partial charge in [-0.15, -0.1) is 0 Å². The van der Waals surface area contributed by atoms with Gasteiger partial charge in [0.05, 0.1) is 32.8 Å². The summed E-state index contributed by atoms with van der Waals surface area (Å²) >= 11 is 18.9. The number of ether oxygens (including phenoxy) is 1. The maximum Gasteiger partial charge on any atom is 0.264 e. The van der Waals surface area contributed by atoms with E-state index in [4.69, 9.17) is 39.5 Å². The molecule has 4 rings (SSSR count). The highest BCUT2D eigenvalue weighted by Gasteiger charge is 2.35. The van der Waals surface area contributed by atoms with Gasteiger partial charge in [-0.2, -0.15) is 0 Å².